The molecule has 1 aromatic carbocycles. The van der Waals surface area contributed by atoms with Crippen LogP contribution in [0.15, 0.2) is 23.8 Å². The van der Waals surface area contributed by atoms with E-state index >= 15 is 0 Å². The molecule has 1 atom stereocenters. The van der Waals surface area contributed by atoms with Crippen LogP contribution in [0.1, 0.15) is 12.0 Å². The molecule has 0 aliphatic carbocycles. The summed E-state index contributed by atoms with van der Waals surface area (Å²) in [6.45, 7) is 2.15. The highest BCUT2D eigenvalue weighted by Gasteiger charge is 2.27. The Balaban J connectivity index is 1.81. The van der Waals surface area contributed by atoms with Gasteiger partial charge in [-0.1, -0.05) is 0 Å². The summed E-state index contributed by atoms with van der Waals surface area (Å²) in [5.41, 5.74) is 1.58. The fourth-order valence-electron chi connectivity index (χ4n) is 2.77. The summed E-state index contributed by atoms with van der Waals surface area (Å²) < 4.78 is 10.9. The number of carbonyl (C=O) groups is 1. The van der Waals surface area contributed by atoms with Gasteiger partial charge < -0.3 is 19.7 Å². The van der Waals surface area contributed by atoms with Crippen LogP contribution in [0.25, 0.3) is 6.08 Å². The number of carbonyl (C=O) groups excluding carboxylic acids is 1. The highest BCUT2D eigenvalue weighted by Crippen LogP contribution is 2.30. The molecular weight excluding hydrogens is 268 g/mol. The number of likely N-dealkylation sites (N-methyl/N-ethyl adjacent to an activating group) is 1. The van der Waals surface area contributed by atoms with Crippen molar-refractivity contribution in [2.75, 3.05) is 33.9 Å². The van der Waals surface area contributed by atoms with Gasteiger partial charge in [-0.3, -0.25) is 4.79 Å². The van der Waals surface area contributed by atoms with Gasteiger partial charge in [-0.25, -0.2) is 0 Å². The zero-order valence-corrected chi connectivity index (χ0v) is 12.4. The van der Waals surface area contributed by atoms with E-state index < -0.39 is 0 Å². The molecule has 5 heteroatoms. The zero-order valence-electron chi connectivity index (χ0n) is 12.4. The van der Waals surface area contributed by atoms with Crippen LogP contribution in [0.2, 0.25) is 0 Å². The van der Waals surface area contributed by atoms with Crippen molar-refractivity contribution < 1.29 is 14.3 Å². The lowest BCUT2D eigenvalue weighted by Crippen LogP contribution is -2.40. The molecule has 112 valence electrons. The Morgan fingerprint density at radius 1 is 1.48 bits per heavy atom. The summed E-state index contributed by atoms with van der Waals surface area (Å²) in [7, 11) is 3.49. The summed E-state index contributed by atoms with van der Waals surface area (Å²) in [5, 5.41) is 3.28. The normalized spacial score (nSPS) is 20.3. The Hall–Kier alpha value is -2.01. The van der Waals surface area contributed by atoms with E-state index in [2.05, 4.69) is 5.32 Å². The zero-order chi connectivity index (χ0) is 14.8. The smallest absolute Gasteiger partial charge is 0.253 e. The minimum Gasteiger partial charge on any atom is -0.497 e. The highest BCUT2D eigenvalue weighted by molar-refractivity contribution is 5.99. The molecule has 1 aromatic rings. The van der Waals surface area contributed by atoms with Crippen molar-refractivity contribution in [1.82, 2.24) is 10.2 Å². The number of fused-ring (bicyclic) bond motifs is 1. The van der Waals surface area contributed by atoms with Gasteiger partial charge in [-0.05, 0) is 37.2 Å². The van der Waals surface area contributed by atoms with Crippen LogP contribution in [-0.2, 0) is 4.79 Å². The van der Waals surface area contributed by atoms with Gasteiger partial charge in [0.05, 0.1) is 12.7 Å². The number of nitrogens with one attached hydrogen (secondary N) is 1. The topological polar surface area (TPSA) is 50.8 Å². The third kappa shape index (κ3) is 2.74. The maximum atomic E-state index is 12.6. The molecule has 0 bridgehead atoms. The monoisotopic (exact) mass is 288 g/mol. The molecule has 1 fully saturated rings. The predicted molar refractivity (Wildman–Crippen MR) is 80.5 cm³/mol. The van der Waals surface area contributed by atoms with Crippen LogP contribution >= 0.6 is 0 Å². The largest absolute Gasteiger partial charge is 0.497 e. The Bertz CT molecular complexity index is 577. The van der Waals surface area contributed by atoms with Gasteiger partial charge in [0, 0.05) is 25.2 Å². The van der Waals surface area contributed by atoms with E-state index in [1.54, 1.807) is 7.11 Å². The minimum atomic E-state index is 0.0390. The van der Waals surface area contributed by atoms with E-state index in [4.69, 9.17) is 9.47 Å². The molecule has 1 unspecified atom stereocenters. The van der Waals surface area contributed by atoms with Gasteiger partial charge in [-0.15, -0.1) is 0 Å². The first-order valence-electron chi connectivity index (χ1n) is 7.18. The lowest BCUT2D eigenvalue weighted by molar-refractivity contribution is -0.127. The van der Waals surface area contributed by atoms with Crippen LogP contribution in [0.3, 0.4) is 0 Å². The van der Waals surface area contributed by atoms with Gasteiger partial charge in [0.15, 0.2) is 0 Å². The maximum absolute atomic E-state index is 12.6. The first-order valence-corrected chi connectivity index (χ1v) is 7.18. The quantitative estimate of drug-likeness (QED) is 0.910. The van der Waals surface area contributed by atoms with Crippen LogP contribution in [0.5, 0.6) is 11.5 Å². The van der Waals surface area contributed by atoms with E-state index in [0.717, 1.165) is 36.6 Å². The van der Waals surface area contributed by atoms with Crippen LogP contribution < -0.4 is 14.8 Å². The first-order chi connectivity index (χ1) is 10.2. The standard InChI is InChI=1S/C16H20N2O3/c1-18(13-5-6-17-9-13)16(19)12-7-11-8-14(20-2)3-4-15(11)21-10-12/h3-4,7-8,13,17H,5-6,9-10H2,1-2H3. The summed E-state index contributed by atoms with van der Waals surface area (Å²) in [6.07, 6.45) is 2.91. The van der Waals surface area contributed by atoms with E-state index in [1.807, 2.05) is 36.2 Å². The molecule has 1 amide bonds. The molecule has 3 rings (SSSR count). The van der Waals surface area contributed by atoms with E-state index in [1.165, 1.54) is 0 Å². The molecule has 5 nitrogen and oxygen atoms in total. The summed E-state index contributed by atoms with van der Waals surface area (Å²) >= 11 is 0. The Morgan fingerprint density at radius 2 is 2.33 bits per heavy atom. The molecule has 1 N–H and O–H groups in total. The molecule has 0 spiro atoms. The van der Waals surface area contributed by atoms with Crippen LogP contribution in [0.4, 0.5) is 0 Å². The van der Waals surface area contributed by atoms with Gasteiger partial charge in [0.1, 0.15) is 18.1 Å². The van der Waals surface area contributed by atoms with E-state index in [0.29, 0.717) is 12.2 Å². The number of hydrogen-bond donors (Lipinski definition) is 1. The van der Waals surface area contributed by atoms with Crippen molar-refractivity contribution >= 4 is 12.0 Å². The van der Waals surface area contributed by atoms with E-state index in [-0.39, 0.29) is 11.9 Å². The van der Waals surface area contributed by atoms with Crippen LogP contribution in [0, 0.1) is 0 Å². The molecule has 2 aliphatic heterocycles. The lowest BCUT2D eigenvalue weighted by atomic mass is 10.1. The fraction of sp³-hybridized carbons (Fsp3) is 0.438. The fourth-order valence-corrected chi connectivity index (χ4v) is 2.77. The molecule has 2 heterocycles. The molecule has 2 aliphatic rings. The number of methoxy groups -OCH3 is 1. The Labute approximate surface area is 124 Å². The second-order valence-corrected chi connectivity index (χ2v) is 5.42. The van der Waals surface area contributed by atoms with Crippen molar-refractivity contribution in [1.29, 1.82) is 0 Å². The van der Waals surface area contributed by atoms with Gasteiger partial charge >= 0.3 is 0 Å². The van der Waals surface area contributed by atoms with Gasteiger partial charge in [0.25, 0.3) is 5.91 Å². The predicted octanol–water partition coefficient (Wildman–Crippen LogP) is 1.29. The average molecular weight is 288 g/mol. The van der Waals surface area contributed by atoms with Gasteiger partial charge in [-0.2, -0.15) is 0 Å². The molecule has 0 radical (unpaired) electrons. The third-order valence-corrected chi connectivity index (χ3v) is 4.11. The first kappa shape index (κ1) is 13.9. The van der Waals surface area contributed by atoms with Crippen molar-refractivity contribution in [2.24, 2.45) is 0 Å². The number of amides is 1. The van der Waals surface area contributed by atoms with Gasteiger partial charge in [0.2, 0.25) is 0 Å². The number of benzene rings is 1. The average Bonchev–Trinajstić information content (AvgIpc) is 3.06. The Morgan fingerprint density at radius 3 is 3.05 bits per heavy atom. The van der Waals surface area contributed by atoms with Crippen LogP contribution in [-0.4, -0.2) is 50.7 Å². The second-order valence-electron chi connectivity index (χ2n) is 5.42. The highest BCUT2D eigenvalue weighted by atomic mass is 16.5. The number of ether oxygens (including phenoxy) is 2. The van der Waals surface area contributed by atoms with Crippen molar-refractivity contribution in [3.63, 3.8) is 0 Å². The molecule has 1 saturated heterocycles. The SMILES string of the molecule is COc1ccc2c(c1)C=C(C(=O)N(C)C1CCNC1)CO2. The summed E-state index contributed by atoms with van der Waals surface area (Å²) in [6, 6.07) is 5.88. The number of rotatable bonds is 3. The summed E-state index contributed by atoms with van der Waals surface area (Å²) in [5.74, 6) is 1.59. The summed E-state index contributed by atoms with van der Waals surface area (Å²) in [4.78, 5) is 14.4. The molecule has 21 heavy (non-hydrogen) atoms. The molecular formula is C16H20N2O3. The third-order valence-electron chi connectivity index (χ3n) is 4.11. The molecule has 0 aromatic heterocycles. The number of hydrogen-bond acceptors (Lipinski definition) is 4. The van der Waals surface area contributed by atoms with E-state index in [9.17, 15) is 4.79 Å². The van der Waals surface area contributed by atoms with Crippen molar-refractivity contribution in [3.8, 4) is 11.5 Å². The number of nitrogens with zero attached hydrogens (tertiary/aromatic N) is 1. The maximum Gasteiger partial charge on any atom is 0.253 e. The van der Waals surface area contributed by atoms with Crippen molar-refractivity contribution in [3.05, 3.63) is 29.3 Å². The van der Waals surface area contributed by atoms with Crippen molar-refractivity contribution in [2.45, 2.75) is 12.5 Å². The Kier molecular flexibility index (Phi) is 3.84. The lowest BCUT2D eigenvalue weighted by Gasteiger charge is -2.26. The molecule has 0 saturated carbocycles. The minimum absolute atomic E-state index is 0.0390. The second kappa shape index (κ2) is 5.77.